The maximum Gasteiger partial charge on any atom is 0.0976 e. The molecule has 1 aromatic rings. The number of likely N-dealkylation sites (tertiary alicyclic amines) is 1. The van der Waals surface area contributed by atoms with E-state index in [1.54, 1.807) is 0 Å². The van der Waals surface area contributed by atoms with E-state index in [2.05, 4.69) is 17.3 Å². The van der Waals surface area contributed by atoms with Gasteiger partial charge in [0.25, 0.3) is 0 Å². The van der Waals surface area contributed by atoms with Gasteiger partial charge in [-0.2, -0.15) is 0 Å². The van der Waals surface area contributed by atoms with Gasteiger partial charge in [0.15, 0.2) is 0 Å². The molecule has 0 saturated carbocycles. The Kier molecular flexibility index (Phi) is 4.06. The Bertz CT molecular complexity index is 473. The number of hydrogen-bond donors (Lipinski definition) is 3. The lowest BCUT2D eigenvalue weighted by Gasteiger charge is -2.52. The Labute approximate surface area is 126 Å². The van der Waals surface area contributed by atoms with Crippen molar-refractivity contribution < 1.29 is 10.2 Å². The Morgan fingerprint density at radius 2 is 1.76 bits per heavy atom. The number of nitrogens with zero attached hydrogens (tertiary/aromatic N) is 1. The molecule has 0 aliphatic carbocycles. The second kappa shape index (κ2) is 5.69. The van der Waals surface area contributed by atoms with Gasteiger partial charge < -0.3 is 20.4 Å². The van der Waals surface area contributed by atoms with Crippen molar-refractivity contribution in [3.05, 3.63) is 35.9 Å². The van der Waals surface area contributed by atoms with Crippen LogP contribution in [0.5, 0.6) is 0 Å². The second-order valence-corrected chi connectivity index (χ2v) is 6.71. The van der Waals surface area contributed by atoms with E-state index in [0.717, 1.165) is 31.7 Å². The van der Waals surface area contributed by atoms with Crippen LogP contribution in [0.4, 0.5) is 0 Å². The predicted octanol–water partition coefficient (Wildman–Crippen LogP) is 0.940. The molecular weight excluding hydrogens is 264 g/mol. The summed E-state index contributed by atoms with van der Waals surface area (Å²) in [5.74, 6) is -0.145. The van der Waals surface area contributed by atoms with Gasteiger partial charge in [-0.15, -0.1) is 0 Å². The summed E-state index contributed by atoms with van der Waals surface area (Å²) in [6, 6.07) is 9.88. The van der Waals surface area contributed by atoms with E-state index in [1.807, 2.05) is 30.3 Å². The third-order valence-electron chi connectivity index (χ3n) is 5.34. The number of aliphatic hydroxyl groups is 2. The summed E-state index contributed by atoms with van der Waals surface area (Å²) in [6.07, 6.45) is 2.09. The van der Waals surface area contributed by atoms with Crippen molar-refractivity contribution >= 4 is 0 Å². The molecule has 21 heavy (non-hydrogen) atoms. The largest absolute Gasteiger partial charge is 0.389 e. The maximum absolute atomic E-state index is 11.4. The lowest BCUT2D eigenvalue weighted by molar-refractivity contribution is -0.170. The summed E-state index contributed by atoms with van der Waals surface area (Å²) in [7, 11) is 2.07. The average Bonchev–Trinajstić information content (AvgIpc) is 2.51. The first-order valence-electron chi connectivity index (χ1n) is 7.94. The molecule has 0 spiro atoms. The number of benzene rings is 1. The summed E-state index contributed by atoms with van der Waals surface area (Å²) in [5.41, 5.74) is -0.778. The van der Waals surface area contributed by atoms with Crippen LogP contribution in [-0.2, 0) is 5.60 Å². The molecule has 0 aromatic heterocycles. The van der Waals surface area contributed by atoms with Gasteiger partial charge in [-0.3, -0.25) is 0 Å². The minimum atomic E-state index is -0.931. The third-order valence-corrected chi connectivity index (χ3v) is 5.34. The SMILES string of the molecule is CN1CCC(O)(c2ccccc2)C(C2(O)CCNCC2)C1. The predicted molar refractivity (Wildman–Crippen MR) is 83.0 cm³/mol. The number of rotatable bonds is 2. The fraction of sp³-hybridized carbons (Fsp3) is 0.647. The van der Waals surface area contributed by atoms with Gasteiger partial charge in [0, 0.05) is 19.0 Å². The van der Waals surface area contributed by atoms with E-state index in [4.69, 9.17) is 0 Å². The molecule has 2 aliphatic heterocycles. The molecule has 3 rings (SSSR count). The van der Waals surface area contributed by atoms with Crippen molar-refractivity contribution in [2.24, 2.45) is 5.92 Å². The standard InChI is InChI=1S/C17H26N2O2/c1-19-12-9-17(21,14-5-3-2-4-6-14)15(13-19)16(20)7-10-18-11-8-16/h2-6,15,18,20-21H,7-13H2,1H3. The first kappa shape index (κ1) is 15.0. The Hall–Kier alpha value is -0.940. The van der Waals surface area contributed by atoms with Crippen LogP contribution in [0.25, 0.3) is 0 Å². The lowest BCUT2D eigenvalue weighted by atomic mass is 9.65. The molecular formula is C17H26N2O2. The van der Waals surface area contributed by atoms with Crippen molar-refractivity contribution in [1.29, 1.82) is 0 Å². The molecule has 0 radical (unpaired) electrons. The van der Waals surface area contributed by atoms with Crippen molar-refractivity contribution in [1.82, 2.24) is 10.2 Å². The third kappa shape index (κ3) is 2.73. The molecule has 0 amide bonds. The van der Waals surface area contributed by atoms with Crippen LogP contribution in [0.2, 0.25) is 0 Å². The van der Waals surface area contributed by atoms with Gasteiger partial charge in [0.05, 0.1) is 11.2 Å². The zero-order valence-corrected chi connectivity index (χ0v) is 12.8. The van der Waals surface area contributed by atoms with E-state index in [1.165, 1.54) is 0 Å². The Morgan fingerprint density at radius 1 is 1.10 bits per heavy atom. The molecule has 0 bridgehead atoms. The highest BCUT2D eigenvalue weighted by molar-refractivity contribution is 5.26. The summed E-state index contributed by atoms with van der Waals surface area (Å²) in [4.78, 5) is 2.22. The van der Waals surface area contributed by atoms with E-state index >= 15 is 0 Å². The van der Waals surface area contributed by atoms with Crippen LogP contribution in [0.15, 0.2) is 30.3 Å². The van der Waals surface area contributed by atoms with Gasteiger partial charge in [-0.05, 0) is 45.0 Å². The molecule has 3 N–H and O–H groups in total. The first-order chi connectivity index (χ1) is 10.0. The van der Waals surface area contributed by atoms with Crippen LogP contribution in [0, 0.1) is 5.92 Å². The van der Waals surface area contributed by atoms with Crippen molar-refractivity contribution in [2.45, 2.75) is 30.5 Å². The zero-order chi connectivity index (χ0) is 14.9. The van der Waals surface area contributed by atoms with E-state index in [-0.39, 0.29) is 5.92 Å². The summed E-state index contributed by atoms with van der Waals surface area (Å²) < 4.78 is 0. The lowest BCUT2D eigenvalue weighted by Crippen LogP contribution is -2.61. The van der Waals surface area contributed by atoms with Gasteiger partial charge in [0.2, 0.25) is 0 Å². The molecule has 2 saturated heterocycles. The van der Waals surface area contributed by atoms with Crippen molar-refractivity contribution in [3.63, 3.8) is 0 Å². The monoisotopic (exact) mass is 290 g/mol. The minimum Gasteiger partial charge on any atom is -0.389 e. The number of hydrogen-bond acceptors (Lipinski definition) is 4. The Morgan fingerprint density at radius 3 is 2.43 bits per heavy atom. The number of piperidine rings is 2. The highest BCUT2D eigenvalue weighted by Gasteiger charge is 2.52. The van der Waals surface area contributed by atoms with Gasteiger partial charge in [0.1, 0.15) is 0 Å². The molecule has 2 fully saturated rings. The van der Waals surface area contributed by atoms with Gasteiger partial charge in [-0.25, -0.2) is 0 Å². The molecule has 2 aliphatic rings. The molecule has 2 atom stereocenters. The maximum atomic E-state index is 11.4. The highest BCUT2D eigenvalue weighted by atomic mass is 16.3. The normalized spacial score (nSPS) is 33.8. The van der Waals surface area contributed by atoms with E-state index in [0.29, 0.717) is 19.3 Å². The van der Waals surface area contributed by atoms with Crippen LogP contribution >= 0.6 is 0 Å². The molecule has 2 heterocycles. The van der Waals surface area contributed by atoms with E-state index < -0.39 is 11.2 Å². The highest BCUT2D eigenvalue weighted by Crippen LogP contribution is 2.45. The van der Waals surface area contributed by atoms with E-state index in [9.17, 15) is 10.2 Å². The quantitative estimate of drug-likeness (QED) is 0.759. The second-order valence-electron chi connectivity index (χ2n) is 6.71. The number of nitrogens with one attached hydrogen (secondary N) is 1. The summed E-state index contributed by atoms with van der Waals surface area (Å²) >= 11 is 0. The van der Waals surface area contributed by atoms with Gasteiger partial charge in [-0.1, -0.05) is 30.3 Å². The summed E-state index contributed by atoms with van der Waals surface area (Å²) in [6.45, 7) is 3.24. The molecule has 1 aromatic carbocycles. The molecule has 4 heteroatoms. The smallest absolute Gasteiger partial charge is 0.0976 e. The van der Waals surface area contributed by atoms with Crippen molar-refractivity contribution in [3.8, 4) is 0 Å². The molecule has 2 unspecified atom stereocenters. The van der Waals surface area contributed by atoms with Crippen LogP contribution in [0.3, 0.4) is 0 Å². The van der Waals surface area contributed by atoms with Crippen LogP contribution in [0.1, 0.15) is 24.8 Å². The fourth-order valence-corrected chi connectivity index (χ4v) is 3.98. The van der Waals surface area contributed by atoms with Crippen molar-refractivity contribution in [2.75, 3.05) is 33.2 Å². The first-order valence-corrected chi connectivity index (χ1v) is 7.94. The minimum absolute atomic E-state index is 0.145. The van der Waals surface area contributed by atoms with Crippen LogP contribution < -0.4 is 5.32 Å². The average molecular weight is 290 g/mol. The zero-order valence-electron chi connectivity index (χ0n) is 12.8. The molecule has 116 valence electrons. The molecule has 4 nitrogen and oxygen atoms in total. The van der Waals surface area contributed by atoms with Gasteiger partial charge >= 0.3 is 0 Å². The topological polar surface area (TPSA) is 55.7 Å². The fourth-order valence-electron chi connectivity index (χ4n) is 3.98. The Balaban J connectivity index is 1.96. The van der Waals surface area contributed by atoms with Crippen LogP contribution in [-0.4, -0.2) is 53.9 Å². The summed E-state index contributed by atoms with van der Waals surface area (Å²) in [5, 5.41) is 25.9.